The monoisotopic (exact) mass is 296 g/mol. The number of thioether (sulfide) groups is 1. The van der Waals surface area contributed by atoms with Crippen LogP contribution in [0.1, 0.15) is 46.0 Å². The molecule has 0 saturated carbocycles. The molecule has 0 spiro atoms. The first-order valence-electron chi connectivity index (χ1n) is 7.27. The number of benzene rings is 1. The number of hydrogen-bond donors (Lipinski definition) is 1. The molecule has 1 aromatic rings. The number of nitrogens with one attached hydrogen (secondary N) is 1. The normalized spacial score (nSPS) is 12.1. The smallest absolute Gasteiger partial charge is 0.269 e. The average Bonchev–Trinajstić information content (AvgIpc) is 2.46. The molecule has 4 nitrogen and oxygen atoms in total. The van der Waals surface area contributed by atoms with Gasteiger partial charge in [0.15, 0.2) is 0 Å². The van der Waals surface area contributed by atoms with Gasteiger partial charge in [0.25, 0.3) is 5.69 Å². The molecule has 0 aliphatic heterocycles. The second kappa shape index (κ2) is 9.64. The molecule has 1 atom stereocenters. The van der Waals surface area contributed by atoms with Crippen molar-refractivity contribution in [2.45, 2.75) is 51.2 Å². The number of rotatable bonds is 10. The molecular weight excluding hydrogens is 272 g/mol. The fraction of sp³-hybridized carbons (Fsp3) is 0.600. The number of anilines is 1. The van der Waals surface area contributed by atoms with Crippen LogP contribution < -0.4 is 5.32 Å². The van der Waals surface area contributed by atoms with Gasteiger partial charge < -0.3 is 5.32 Å². The number of unbranched alkanes of at least 4 members (excludes halogenated alkanes) is 2. The van der Waals surface area contributed by atoms with E-state index in [-0.39, 0.29) is 10.6 Å². The van der Waals surface area contributed by atoms with Crippen molar-refractivity contribution in [2.75, 3.05) is 11.2 Å². The molecule has 0 bridgehead atoms. The maximum Gasteiger partial charge on any atom is 0.269 e. The molecule has 0 radical (unpaired) electrons. The molecule has 1 rings (SSSR count). The Kier molecular flexibility index (Phi) is 8.11. The van der Waals surface area contributed by atoms with Crippen molar-refractivity contribution < 1.29 is 4.92 Å². The number of hydrogen-bond acceptors (Lipinski definition) is 4. The lowest BCUT2D eigenvalue weighted by molar-refractivity contribution is -0.384. The highest BCUT2D eigenvalue weighted by atomic mass is 32.2. The molecule has 0 saturated heterocycles. The third kappa shape index (κ3) is 6.28. The van der Waals surface area contributed by atoms with Gasteiger partial charge in [-0.1, -0.05) is 33.1 Å². The Hall–Kier alpha value is -1.23. The first kappa shape index (κ1) is 16.8. The molecule has 0 aliphatic carbocycles. The third-order valence-corrected chi connectivity index (χ3v) is 4.61. The zero-order valence-corrected chi connectivity index (χ0v) is 13.1. The van der Waals surface area contributed by atoms with E-state index >= 15 is 0 Å². The van der Waals surface area contributed by atoms with Crippen molar-refractivity contribution in [3.63, 3.8) is 0 Å². The second-order valence-electron chi connectivity index (χ2n) is 4.82. The fourth-order valence-electron chi connectivity index (χ4n) is 1.97. The summed E-state index contributed by atoms with van der Waals surface area (Å²) in [6, 6.07) is 6.59. The van der Waals surface area contributed by atoms with Gasteiger partial charge in [0.2, 0.25) is 0 Å². The zero-order chi connectivity index (χ0) is 14.8. The van der Waals surface area contributed by atoms with E-state index in [9.17, 15) is 10.1 Å². The lowest BCUT2D eigenvalue weighted by Crippen LogP contribution is -2.06. The number of nitrogens with zero attached hydrogens (tertiary/aromatic N) is 1. The van der Waals surface area contributed by atoms with E-state index in [1.54, 1.807) is 12.1 Å². The molecule has 1 aromatic carbocycles. The van der Waals surface area contributed by atoms with Crippen LogP contribution in [0.5, 0.6) is 0 Å². The molecule has 0 aromatic heterocycles. The van der Waals surface area contributed by atoms with Crippen molar-refractivity contribution in [2.24, 2.45) is 0 Å². The second-order valence-corrected chi connectivity index (χ2v) is 6.11. The molecule has 0 aliphatic rings. The van der Waals surface area contributed by atoms with Gasteiger partial charge in [-0.25, -0.2) is 0 Å². The summed E-state index contributed by atoms with van der Waals surface area (Å²) >= 11 is 1.93. The Morgan fingerprint density at radius 3 is 2.50 bits per heavy atom. The molecule has 5 heteroatoms. The number of nitro benzene ring substituents is 1. The van der Waals surface area contributed by atoms with E-state index in [2.05, 4.69) is 19.2 Å². The van der Waals surface area contributed by atoms with Crippen LogP contribution in [0.3, 0.4) is 0 Å². The van der Waals surface area contributed by atoms with Crippen LogP contribution in [-0.2, 0) is 0 Å². The van der Waals surface area contributed by atoms with E-state index in [1.807, 2.05) is 11.8 Å². The summed E-state index contributed by atoms with van der Waals surface area (Å²) in [5, 5.41) is 14.6. The molecule has 1 N–H and O–H groups in total. The quantitative estimate of drug-likeness (QED) is 0.284. The largest absolute Gasteiger partial charge is 0.376 e. The van der Waals surface area contributed by atoms with Gasteiger partial charge in [0, 0.05) is 23.1 Å². The molecule has 112 valence electrons. The maximum atomic E-state index is 10.6. The highest BCUT2D eigenvalue weighted by Gasteiger charge is 2.07. The molecule has 0 unspecified atom stereocenters. The molecule has 0 heterocycles. The Morgan fingerprint density at radius 2 is 1.95 bits per heavy atom. The van der Waals surface area contributed by atoms with E-state index in [0.29, 0.717) is 5.25 Å². The van der Waals surface area contributed by atoms with Gasteiger partial charge in [0.1, 0.15) is 0 Å². The summed E-state index contributed by atoms with van der Waals surface area (Å²) in [5.41, 5.74) is 1.07. The van der Waals surface area contributed by atoms with Crippen LogP contribution in [0, 0.1) is 10.1 Å². The Labute approximate surface area is 125 Å². The highest BCUT2D eigenvalue weighted by Crippen LogP contribution is 2.22. The predicted octanol–water partition coefficient (Wildman–Crippen LogP) is 5.06. The average molecular weight is 296 g/mol. The maximum absolute atomic E-state index is 10.6. The first-order chi connectivity index (χ1) is 9.67. The number of non-ortho nitro benzene ring substituents is 1. The summed E-state index contributed by atoms with van der Waals surface area (Å²) in [7, 11) is 0. The Bertz CT molecular complexity index is 395. The van der Waals surface area contributed by atoms with Gasteiger partial charge in [-0.2, -0.15) is 0 Å². The summed E-state index contributed by atoms with van der Waals surface area (Å²) < 4.78 is 0. The van der Waals surface area contributed by atoms with Crippen molar-refractivity contribution in [1.29, 1.82) is 0 Å². The van der Waals surface area contributed by atoms with E-state index in [0.717, 1.165) is 11.6 Å². The Morgan fingerprint density at radius 1 is 1.25 bits per heavy atom. The van der Waals surface area contributed by atoms with E-state index < -0.39 is 0 Å². The van der Waals surface area contributed by atoms with Gasteiger partial charge in [-0.05, 0) is 25.0 Å². The van der Waals surface area contributed by atoms with Crippen molar-refractivity contribution >= 4 is 23.1 Å². The lowest BCUT2D eigenvalue weighted by atomic mass is 10.1. The summed E-state index contributed by atoms with van der Waals surface area (Å²) in [6.45, 7) is 4.46. The van der Waals surface area contributed by atoms with Crippen LogP contribution in [0.15, 0.2) is 24.3 Å². The van der Waals surface area contributed by atoms with Crippen LogP contribution in [-0.4, -0.2) is 16.1 Å². The van der Waals surface area contributed by atoms with Crippen molar-refractivity contribution in [3.05, 3.63) is 34.4 Å². The SMILES string of the molecule is CCCCC[C@@H](CC)SCNc1ccc([N+](=O)[O-])cc1. The molecular formula is C15H24N2O2S. The van der Waals surface area contributed by atoms with Crippen LogP contribution in [0.25, 0.3) is 0 Å². The van der Waals surface area contributed by atoms with Gasteiger partial charge in [-0.15, -0.1) is 11.8 Å². The first-order valence-corrected chi connectivity index (χ1v) is 8.32. The minimum Gasteiger partial charge on any atom is -0.376 e. The van der Waals surface area contributed by atoms with Crippen molar-refractivity contribution in [1.82, 2.24) is 0 Å². The summed E-state index contributed by atoms with van der Waals surface area (Å²) in [5.74, 6) is 0.850. The number of nitro groups is 1. The van der Waals surface area contributed by atoms with Crippen LogP contribution in [0.4, 0.5) is 11.4 Å². The van der Waals surface area contributed by atoms with Gasteiger partial charge >= 0.3 is 0 Å². The van der Waals surface area contributed by atoms with Gasteiger partial charge in [0.05, 0.1) is 10.8 Å². The third-order valence-electron chi connectivity index (χ3n) is 3.26. The van der Waals surface area contributed by atoms with E-state index in [1.165, 1.54) is 44.2 Å². The standard InChI is InChI=1S/C15H24N2O2S/c1-3-5-6-7-15(4-2)20-12-16-13-8-10-14(11-9-13)17(18)19/h8-11,15-16H,3-7,12H2,1-2H3/t15-/m1/s1. The highest BCUT2D eigenvalue weighted by molar-refractivity contribution is 7.99. The van der Waals surface area contributed by atoms with Crippen molar-refractivity contribution in [3.8, 4) is 0 Å². The Balaban J connectivity index is 2.29. The van der Waals surface area contributed by atoms with Crippen LogP contribution in [0.2, 0.25) is 0 Å². The fourth-order valence-corrected chi connectivity index (χ4v) is 3.03. The summed E-state index contributed by atoms with van der Waals surface area (Å²) in [4.78, 5) is 10.2. The lowest BCUT2D eigenvalue weighted by Gasteiger charge is -2.15. The van der Waals surface area contributed by atoms with Crippen LogP contribution >= 0.6 is 11.8 Å². The summed E-state index contributed by atoms with van der Waals surface area (Å²) in [6.07, 6.45) is 6.35. The minimum absolute atomic E-state index is 0.134. The molecule has 0 fully saturated rings. The predicted molar refractivity (Wildman–Crippen MR) is 87.4 cm³/mol. The minimum atomic E-state index is -0.376. The molecule has 0 amide bonds. The topological polar surface area (TPSA) is 55.2 Å². The van der Waals surface area contributed by atoms with E-state index in [4.69, 9.17) is 0 Å². The van der Waals surface area contributed by atoms with Gasteiger partial charge in [-0.3, -0.25) is 10.1 Å². The molecule has 20 heavy (non-hydrogen) atoms. The zero-order valence-electron chi connectivity index (χ0n) is 12.3.